The molecule has 8 heteroatoms. The average Bonchev–Trinajstić information content (AvgIpc) is 2.25. The van der Waals surface area contributed by atoms with Gasteiger partial charge in [-0.15, -0.1) is 0 Å². The van der Waals surface area contributed by atoms with Gasteiger partial charge in [0, 0.05) is 19.3 Å². The third-order valence-electron chi connectivity index (χ3n) is 2.53. The summed E-state index contributed by atoms with van der Waals surface area (Å²) in [7, 11) is -2.33. The maximum Gasteiger partial charge on any atom is 0.243 e. The van der Waals surface area contributed by atoms with E-state index < -0.39 is 15.6 Å². The molecule has 0 heterocycles. The zero-order valence-electron chi connectivity index (χ0n) is 10.8. The van der Waals surface area contributed by atoms with Crippen LogP contribution in [0.25, 0.3) is 0 Å². The smallest absolute Gasteiger partial charge is 0.243 e. The molecule has 0 unspecified atom stereocenters. The molecule has 0 fully saturated rings. The number of hydrogen-bond donors (Lipinski definition) is 2. The van der Waals surface area contributed by atoms with E-state index in [4.69, 9.17) is 33.7 Å². The van der Waals surface area contributed by atoms with Crippen LogP contribution in [0.2, 0.25) is 10.0 Å². The lowest BCUT2D eigenvalue weighted by Crippen LogP contribution is -2.39. The fraction of sp³-hybridized carbons (Fsp3) is 0.455. The highest BCUT2D eigenvalue weighted by Gasteiger charge is 2.25. The lowest BCUT2D eigenvalue weighted by molar-refractivity contribution is 0.0276. The standard InChI is InChI=1S/C11H16Cl2N2O3S/c1-11(2,18-3)6-15-19(16,17)10-8(12)4-7(14)5-9(10)13/h4-5,15H,6,14H2,1-3H3. The van der Waals surface area contributed by atoms with E-state index in [-0.39, 0.29) is 21.5 Å². The number of methoxy groups -OCH3 is 1. The van der Waals surface area contributed by atoms with Crippen molar-refractivity contribution in [3.8, 4) is 0 Å². The summed E-state index contributed by atoms with van der Waals surface area (Å²) in [6, 6.07) is 2.67. The molecule has 0 atom stereocenters. The molecule has 1 aromatic carbocycles. The van der Waals surface area contributed by atoms with Gasteiger partial charge in [0.2, 0.25) is 10.0 Å². The predicted octanol–water partition coefficient (Wildman–Crippen LogP) is 2.28. The van der Waals surface area contributed by atoms with Gasteiger partial charge in [0.05, 0.1) is 15.6 Å². The largest absolute Gasteiger partial charge is 0.399 e. The van der Waals surface area contributed by atoms with E-state index in [9.17, 15) is 8.42 Å². The second kappa shape index (κ2) is 5.85. The van der Waals surface area contributed by atoms with Gasteiger partial charge in [-0.3, -0.25) is 0 Å². The summed E-state index contributed by atoms with van der Waals surface area (Å²) in [4.78, 5) is -0.183. The number of ether oxygens (including phenoxy) is 1. The van der Waals surface area contributed by atoms with Gasteiger partial charge in [-0.05, 0) is 26.0 Å². The number of halogens is 2. The highest BCUT2D eigenvalue weighted by atomic mass is 35.5. The molecule has 0 saturated carbocycles. The van der Waals surface area contributed by atoms with Crippen LogP contribution in [0.3, 0.4) is 0 Å². The average molecular weight is 327 g/mol. The predicted molar refractivity (Wildman–Crippen MR) is 77.2 cm³/mol. The molecule has 0 amide bonds. The topological polar surface area (TPSA) is 81.4 Å². The second-order valence-corrected chi connectivity index (χ2v) is 7.12. The lowest BCUT2D eigenvalue weighted by atomic mass is 10.1. The van der Waals surface area contributed by atoms with Crippen molar-refractivity contribution in [3.05, 3.63) is 22.2 Å². The summed E-state index contributed by atoms with van der Waals surface area (Å²) in [5.74, 6) is 0. The summed E-state index contributed by atoms with van der Waals surface area (Å²) < 4.78 is 31.9. The molecular formula is C11H16Cl2N2O3S. The molecule has 1 aromatic rings. The van der Waals surface area contributed by atoms with Crippen LogP contribution in [-0.2, 0) is 14.8 Å². The zero-order chi connectivity index (χ0) is 14.8. The maximum atomic E-state index is 12.2. The molecule has 3 N–H and O–H groups in total. The Morgan fingerprint density at radius 1 is 1.32 bits per heavy atom. The molecule has 0 aliphatic carbocycles. The van der Waals surface area contributed by atoms with Gasteiger partial charge < -0.3 is 10.5 Å². The van der Waals surface area contributed by atoms with Crippen molar-refractivity contribution < 1.29 is 13.2 Å². The van der Waals surface area contributed by atoms with E-state index >= 15 is 0 Å². The number of rotatable bonds is 5. The van der Waals surface area contributed by atoms with Gasteiger partial charge in [-0.25, -0.2) is 13.1 Å². The molecule has 108 valence electrons. The zero-order valence-corrected chi connectivity index (χ0v) is 13.2. The van der Waals surface area contributed by atoms with Crippen LogP contribution in [-0.4, -0.2) is 27.7 Å². The van der Waals surface area contributed by atoms with Crippen LogP contribution in [0.5, 0.6) is 0 Å². The van der Waals surface area contributed by atoms with Crippen molar-refractivity contribution in [2.24, 2.45) is 0 Å². The van der Waals surface area contributed by atoms with Crippen LogP contribution >= 0.6 is 23.2 Å². The molecule has 19 heavy (non-hydrogen) atoms. The van der Waals surface area contributed by atoms with Crippen molar-refractivity contribution in [2.45, 2.75) is 24.3 Å². The normalized spacial score (nSPS) is 12.7. The Morgan fingerprint density at radius 2 is 1.79 bits per heavy atom. The lowest BCUT2D eigenvalue weighted by Gasteiger charge is -2.23. The van der Waals surface area contributed by atoms with E-state index in [0.29, 0.717) is 5.69 Å². The Labute approximate surface area is 123 Å². The number of benzene rings is 1. The number of sulfonamides is 1. The van der Waals surface area contributed by atoms with Crippen molar-refractivity contribution in [2.75, 3.05) is 19.4 Å². The highest BCUT2D eigenvalue weighted by molar-refractivity contribution is 7.89. The van der Waals surface area contributed by atoms with Crippen molar-refractivity contribution >= 4 is 38.9 Å². The SMILES string of the molecule is COC(C)(C)CNS(=O)(=O)c1c(Cl)cc(N)cc1Cl. The van der Waals surface area contributed by atoms with Gasteiger partial charge in [-0.2, -0.15) is 0 Å². The Bertz CT molecular complexity index is 550. The Kier molecular flexibility index (Phi) is 5.08. The summed E-state index contributed by atoms with van der Waals surface area (Å²) in [6.07, 6.45) is 0. The number of nitrogens with two attached hydrogens (primary N) is 1. The van der Waals surface area contributed by atoms with Crippen molar-refractivity contribution in [1.82, 2.24) is 4.72 Å². The molecule has 0 aliphatic rings. The second-order valence-electron chi connectivity index (χ2n) is 4.60. The van der Waals surface area contributed by atoms with Crippen LogP contribution in [0, 0.1) is 0 Å². The van der Waals surface area contributed by atoms with Crippen molar-refractivity contribution in [3.63, 3.8) is 0 Å². The molecule has 0 bridgehead atoms. The number of anilines is 1. The first-order chi connectivity index (χ1) is 8.59. The van der Waals surface area contributed by atoms with Gasteiger partial charge in [0.25, 0.3) is 0 Å². The quantitative estimate of drug-likeness (QED) is 0.813. The van der Waals surface area contributed by atoms with Crippen molar-refractivity contribution in [1.29, 1.82) is 0 Å². The highest BCUT2D eigenvalue weighted by Crippen LogP contribution is 2.31. The Hall–Kier alpha value is -0.530. The van der Waals surface area contributed by atoms with Gasteiger partial charge in [-0.1, -0.05) is 23.2 Å². The minimum absolute atomic E-state index is 0.0206. The first-order valence-corrected chi connectivity index (χ1v) is 7.62. The molecule has 0 aliphatic heterocycles. The molecule has 5 nitrogen and oxygen atoms in total. The van der Waals surface area contributed by atoms with Crippen LogP contribution < -0.4 is 10.5 Å². The summed E-state index contributed by atoms with van der Waals surface area (Å²) in [5.41, 5.74) is 5.19. The minimum Gasteiger partial charge on any atom is -0.399 e. The Morgan fingerprint density at radius 3 is 2.21 bits per heavy atom. The fourth-order valence-electron chi connectivity index (χ4n) is 1.25. The molecule has 0 saturated heterocycles. The molecule has 0 aromatic heterocycles. The molecule has 0 radical (unpaired) electrons. The van der Waals surface area contributed by atoms with Gasteiger partial charge in [0.15, 0.2) is 0 Å². The molecular weight excluding hydrogens is 311 g/mol. The van der Waals surface area contributed by atoms with Crippen LogP contribution in [0.4, 0.5) is 5.69 Å². The monoisotopic (exact) mass is 326 g/mol. The van der Waals surface area contributed by atoms with Crippen LogP contribution in [0.15, 0.2) is 17.0 Å². The fourth-order valence-corrected chi connectivity index (χ4v) is 3.68. The minimum atomic E-state index is -3.83. The van der Waals surface area contributed by atoms with E-state index in [1.165, 1.54) is 19.2 Å². The van der Waals surface area contributed by atoms with Gasteiger partial charge in [0.1, 0.15) is 4.90 Å². The van der Waals surface area contributed by atoms with E-state index in [0.717, 1.165) is 0 Å². The number of hydrogen-bond acceptors (Lipinski definition) is 4. The van der Waals surface area contributed by atoms with E-state index in [1.54, 1.807) is 13.8 Å². The van der Waals surface area contributed by atoms with E-state index in [2.05, 4.69) is 4.72 Å². The third kappa shape index (κ3) is 4.22. The third-order valence-corrected chi connectivity index (χ3v) is 4.85. The summed E-state index contributed by atoms with van der Waals surface area (Å²) in [6.45, 7) is 3.59. The van der Waals surface area contributed by atoms with Gasteiger partial charge >= 0.3 is 0 Å². The number of nitrogens with one attached hydrogen (secondary N) is 1. The summed E-state index contributed by atoms with van der Waals surface area (Å²) in [5, 5.41) is -0.0413. The van der Waals surface area contributed by atoms with E-state index in [1.807, 2.05) is 0 Å². The first-order valence-electron chi connectivity index (χ1n) is 5.38. The van der Waals surface area contributed by atoms with Crippen LogP contribution in [0.1, 0.15) is 13.8 Å². The Balaban J connectivity index is 3.09. The molecule has 1 rings (SSSR count). The molecule has 0 spiro atoms. The summed E-state index contributed by atoms with van der Waals surface area (Å²) >= 11 is 11.8. The first kappa shape index (κ1) is 16.5. The maximum absolute atomic E-state index is 12.2. The number of nitrogen functional groups attached to an aromatic ring is 1.